The number of para-hydroxylation sites is 1. The SMILES string of the molecule is O=C(C=C(C=C(c1ccccc1)c1ccccc1)Nc1ccccc1)c1ccccc1. The number of benzene rings is 4. The van der Waals surface area contributed by atoms with Gasteiger partial charge in [-0.2, -0.15) is 0 Å². The van der Waals surface area contributed by atoms with Gasteiger partial charge >= 0.3 is 0 Å². The van der Waals surface area contributed by atoms with Crippen LogP contribution in [-0.2, 0) is 0 Å². The first kappa shape index (κ1) is 20.1. The molecule has 0 radical (unpaired) electrons. The van der Waals surface area contributed by atoms with E-state index in [-0.39, 0.29) is 5.78 Å². The molecule has 2 heteroatoms. The molecule has 0 saturated carbocycles. The molecule has 0 amide bonds. The van der Waals surface area contributed by atoms with Crippen LogP contribution in [0.4, 0.5) is 5.69 Å². The van der Waals surface area contributed by atoms with Crippen molar-refractivity contribution < 1.29 is 4.79 Å². The van der Waals surface area contributed by atoms with E-state index in [1.807, 2.05) is 103 Å². The van der Waals surface area contributed by atoms with E-state index in [2.05, 4.69) is 29.6 Å². The normalized spacial score (nSPS) is 10.9. The summed E-state index contributed by atoms with van der Waals surface area (Å²) in [4.78, 5) is 13.0. The average Bonchev–Trinajstić information content (AvgIpc) is 2.84. The standard InChI is InChI=1S/C29H23NO/c31-29(25-17-9-3-10-18-25)22-27(30-26-19-11-4-12-20-26)21-28(23-13-5-1-6-14-23)24-15-7-2-8-16-24/h1-22,30H. The largest absolute Gasteiger partial charge is 0.355 e. The Bertz CT molecular complexity index is 1140. The van der Waals surface area contributed by atoms with Crippen molar-refractivity contribution in [1.29, 1.82) is 0 Å². The molecule has 0 saturated heterocycles. The molecular formula is C29H23NO. The van der Waals surface area contributed by atoms with Gasteiger partial charge in [0.2, 0.25) is 0 Å². The quantitative estimate of drug-likeness (QED) is 0.205. The summed E-state index contributed by atoms with van der Waals surface area (Å²) in [6, 6.07) is 39.6. The predicted octanol–water partition coefficient (Wildman–Crippen LogP) is 7.00. The topological polar surface area (TPSA) is 29.1 Å². The summed E-state index contributed by atoms with van der Waals surface area (Å²) in [7, 11) is 0. The van der Waals surface area contributed by atoms with Crippen LogP contribution >= 0.6 is 0 Å². The van der Waals surface area contributed by atoms with E-state index in [1.54, 1.807) is 6.08 Å². The van der Waals surface area contributed by atoms with Crippen molar-refractivity contribution in [2.45, 2.75) is 0 Å². The van der Waals surface area contributed by atoms with E-state index in [0.717, 1.165) is 28.1 Å². The van der Waals surface area contributed by atoms with Gasteiger partial charge in [-0.05, 0) is 34.9 Å². The van der Waals surface area contributed by atoms with Gasteiger partial charge in [0, 0.05) is 23.0 Å². The first-order valence-corrected chi connectivity index (χ1v) is 10.3. The number of carbonyl (C=O) groups excluding carboxylic acids is 1. The fraction of sp³-hybridized carbons (Fsp3) is 0. The second kappa shape index (κ2) is 10.0. The number of hydrogen-bond acceptors (Lipinski definition) is 2. The Morgan fingerprint density at radius 3 is 1.42 bits per heavy atom. The molecule has 0 heterocycles. The monoisotopic (exact) mass is 401 g/mol. The van der Waals surface area contributed by atoms with Gasteiger partial charge in [0.15, 0.2) is 5.78 Å². The molecule has 0 atom stereocenters. The highest BCUT2D eigenvalue weighted by molar-refractivity contribution is 6.05. The first-order chi connectivity index (χ1) is 15.3. The van der Waals surface area contributed by atoms with Crippen molar-refractivity contribution >= 4 is 17.0 Å². The molecule has 4 rings (SSSR count). The van der Waals surface area contributed by atoms with Crippen molar-refractivity contribution in [3.05, 3.63) is 156 Å². The summed E-state index contributed by atoms with van der Waals surface area (Å²) in [6.07, 6.45) is 3.70. The minimum atomic E-state index is -0.0456. The summed E-state index contributed by atoms with van der Waals surface area (Å²) in [5.41, 5.74) is 5.51. The summed E-state index contributed by atoms with van der Waals surface area (Å²) in [5.74, 6) is -0.0456. The maximum absolute atomic E-state index is 13.0. The van der Waals surface area contributed by atoms with Gasteiger partial charge in [0.05, 0.1) is 0 Å². The molecular weight excluding hydrogens is 378 g/mol. The smallest absolute Gasteiger partial charge is 0.187 e. The molecule has 0 unspecified atom stereocenters. The number of anilines is 1. The number of rotatable bonds is 7. The lowest BCUT2D eigenvalue weighted by atomic mass is 9.96. The minimum Gasteiger partial charge on any atom is -0.355 e. The van der Waals surface area contributed by atoms with Gasteiger partial charge in [-0.15, -0.1) is 0 Å². The lowest BCUT2D eigenvalue weighted by Crippen LogP contribution is -2.03. The number of allylic oxidation sites excluding steroid dienone is 2. The Morgan fingerprint density at radius 2 is 0.935 bits per heavy atom. The molecule has 4 aromatic carbocycles. The summed E-state index contributed by atoms with van der Waals surface area (Å²) in [5, 5.41) is 3.41. The highest BCUT2D eigenvalue weighted by atomic mass is 16.1. The van der Waals surface area contributed by atoms with Crippen molar-refractivity contribution in [2.24, 2.45) is 0 Å². The lowest BCUT2D eigenvalue weighted by Gasteiger charge is -2.13. The van der Waals surface area contributed by atoms with Gasteiger partial charge in [-0.3, -0.25) is 4.79 Å². The zero-order valence-corrected chi connectivity index (χ0v) is 17.1. The van der Waals surface area contributed by atoms with Crippen LogP contribution in [0, 0.1) is 0 Å². The van der Waals surface area contributed by atoms with E-state index in [1.165, 1.54) is 0 Å². The van der Waals surface area contributed by atoms with Crippen molar-refractivity contribution in [2.75, 3.05) is 5.32 Å². The van der Waals surface area contributed by atoms with Crippen LogP contribution < -0.4 is 5.32 Å². The van der Waals surface area contributed by atoms with E-state index < -0.39 is 0 Å². The maximum Gasteiger partial charge on any atom is 0.187 e. The molecule has 2 nitrogen and oxygen atoms in total. The van der Waals surface area contributed by atoms with Gasteiger partial charge in [0.25, 0.3) is 0 Å². The van der Waals surface area contributed by atoms with E-state index >= 15 is 0 Å². The predicted molar refractivity (Wildman–Crippen MR) is 129 cm³/mol. The molecule has 1 N–H and O–H groups in total. The molecule has 150 valence electrons. The van der Waals surface area contributed by atoms with Crippen LogP contribution in [0.2, 0.25) is 0 Å². The second-order valence-corrected chi connectivity index (χ2v) is 7.11. The van der Waals surface area contributed by atoms with Crippen LogP contribution in [0.5, 0.6) is 0 Å². The fourth-order valence-electron chi connectivity index (χ4n) is 3.35. The van der Waals surface area contributed by atoms with Crippen LogP contribution in [0.3, 0.4) is 0 Å². The average molecular weight is 402 g/mol. The van der Waals surface area contributed by atoms with Crippen LogP contribution in [0.15, 0.2) is 139 Å². The fourth-order valence-corrected chi connectivity index (χ4v) is 3.35. The Morgan fingerprint density at radius 1 is 0.516 bits per heavy atom. The molecule has 31 heavy (non-hydrogen) atoms. The van der Waals surface area contributed by atoms with Crippen LogP contribution in [0.25, 0.3) is 5.57 Å². The molecule has 4 aromatic rings. The highest BCUT2D eigenvalue weighted by Crippen LogP contribution is 2.25. The third kappa shape index (κ3) is 5.46. The van der Waals surface area contributed by atoms with Crippen LogP contribution in [0.1, 0.15) is 21.5 Å². The Labute approximate surface area is 183 Å². The zero-order valence-electron chi connectivity index (χ0n) is 17.1. The molecule has 0 aliphatic rings. The highest BCUT2D eigenvalue weighted by Gasteiger charge is 2.09. The number of nitrogens with one attached hydrogen (secondary N) is 1. The third-order valence-electron chi connectivity index (χ3n) is 4.88. The minimum absolute atomic E-state index is 0.0456. The molecule has 0 aromatic heterocycles. The second-order valence-electron chi connectivity index (χ2n) is 7.11. The maximum atomic E-state index is 13.0. The van der Waals surface area contributed by atoms with Crippen molar-refractivity contribution in [3.63, 3.8) is 0 Å². The van der Waals surface area contributed by atoms with Crippen molar-refractivity contribution in [1.82, 2.24) is 0 Å². The molecule has 0 bridgehead atoms. The van der Waals surface area contributed by atoms with Gasteiger partial charge in [-0.25, -0.2) is 0 Å². The molecule has 0 fully saturated rings. The number of carbonyl (C=O) groups is 1. The Balaban J connectivity index is 1.81. The van der Waals surface area contributed by atoms with Gasteiger partial charge in [0.1, 0.15) is 0 Å². The molecule has 0 aliphatic heterocycles. The van der Waals surface area contributed by atoms with Gasteiger partial charge in [-0.1, -0.05) is 109 Å². The summed E-state index contributed by atoms with van der Waals surface area (Å²) >= 11 is 0. The Hall–Kier alpha value is -4.17. The molecule has 0 aliphatic carbocycles. The van der Waals surface area contributed by atoms with E-state index in [4.69, 9.17) is 0 Å². The lowest BCUT2D eigenvalue weighted by molar-refractivity contribution is 0.104. The summed E-state index contributed by atoms with van der Waals surface area (Å²) in [6.45, 7) is 0. The number of hydrogen-bond donors (Lipinski definition) is 1. The van der Waals surface area contributed by atoms with Crippen molar-refractivity contribution in [3.8, 4) is 0 Å². The van der Waals surface area contributed by atoms with Gasteiger partial charge < -0.3 is 5.32 Å². The number of ketones is 1. The van der Waals surface area contributed by atoms with E-state index in [0.29, 0.717) is 5.56 Å². The molecule has 0 spiro atoms. The third-order valence-corrected chi connectivity index (χ3v) is 4.88. The van der Waals surface area contributed by atoms with E-state index in [9.17, 15) is 4.79 Å². The summed E-state index contributed by atoms with van der Waals surface area (Å²) < 4.78 is 0. The Kier molecular flexibility index (Phi) is 6.51. The van der Waals surface area contributed by atoms with Crippen LogP contribution in [-0.4, -0.2) is 5.78 Å². The first-order valence-electron chi connectivity index (χ1n) is 10.3. The zero-order chi connectivity index (χ0) is 21.3.